The molecule has 0 aliphatic rings. The van der Waals surface area contributed by atoms with Crippen molar-refractivity contribution in [1.82, 2.24) is 19.7 Å². The van der Waals surface area contributed by atoms with E-state index in [1.54, 1.807) is 28.6 Å². The number of fused-ring (bicyclic) bond motifs is 1. The van der Waals surface area contributed by atoms with E-state index in [9.17, 15) is 0 Å². The predicted octanol–water partition coefficient (Wildman–Crippen LogP) is 3.53. The first-order chi connectivity index (χ1) is 11.7. The van der Waals surface area contributed by atoms with Gasteiger partial charge in [-0.25, -0.2) is 9.97 Å². The molecule has 0 N–H and O–H groups in total. The number of hydrogen-bond acceptors (Lipinski definition) is 6. The SMILES string of the molecule is Cc1ccc(CN(Cc2ccco2)c2ncnc3c2cnn3C)s1. The third kappa shape index (κ3) is 2.78. The van der Waals surface area contributed by atoms with Gasteiger partial charge < -0.3 is 9.32 Å². The predicted molar refractivity (Wildman–Crippen MR) is 94.0 cm³/mol. The van der Waals surface area contributed by atoms with Crippen LogP contribution in [-0.2, 0) is 20.1 Å². The van der Waals surface area contributed by atoms with E-state index >= 15 is 0 Å². The molecular weight excluding hydrogens is 322 g/mol. The van der Waals surface area contributed by atoms with Gasteiger partial charge >= 0.3 is 0 Å². The molecule has 0 saturated carbocycles. The zero-order valence-corrected chi connectivity index (χ0v) is 14.3. The zero-order chi connectivity index (χ0) is 16.5. The molecular formula is C17H17N5OS. The first kappa shape index (κ1) is 14.9. The Hall–Kier alpha value is -2.67. The van der Waals surface area contributed by atoms with Gasteiger partial charge in [-0.05, 0) is 31.2 Å². The summed E-state index contributed by atoms with van der Waals surface area (Å²) in [7, 11) is 1.89. The number of aryl methyl sites for hydroxylation is 2. The van der Waals surface area contributed by atoms with Crippen LogP contribution in [0.3, 0.4) is 0 Å². The van der Waals surface area contributed by atoms with Gasteiger partial charge in [0.15, 0.2) is 5.65 Å². The molecule has 0 fully saturated rings. The van der Waals surface area contributed by atoms with Crippen LogP contribution in [0.2, 0.25) is 0 Å². The molecule has 6 nitrogen and oxygen atoms in total. The first-order valence-corrected chi connectivity index (χ1v) is 8.48. The van der Waals surface area contributed by atoms with Crippen LogP contribution in [0.5, 0.6) is 0 Å². The Morgan fingerprint density at radius 3 is 2.88 bits per heavy atom. The van der Waals surface area contributed by atoms with Gasteiger partial charge in [-0.2, -0.15) is 5.10 Å². The van der Waals surface area contributed by atoms with Gasteiger partial charge in [0.1, 0.15) is 17.9 Å². The lowest BCUT2D eigenvalue weighted by atomic mass is 10.3. The van der Waals surface area contributed by atoms with Gasteiger partial charge in [0.2, 0.25) is 0 Å². The molecule has 7 heteroatoms. The number of rotatable bonds is 5. The second kappa shape index (κ2) is 6.09. The summed E-state index contributed by atoms with van der Waals surface area (Å²) in [5, 5.41) is 5.26. The summed E-state index contributed by atoms with van der Waals surface area (Å²) in [6.07, 6.45) is 5.11. The Kier molecular flexibility index (Phi) is 3.78. The molecule has 0 saturated heterocycles. The van der Waals surface area contributed by atoms with Crippen molar-refractivity contribution < 1.29 is 4.42 Å². The van der Waals surface area contributed by atoms with E-state index in [-0.39, 0.29) is 0 Å². The van der Waals surface area contributed by atoms with Crippen LogP contribution in [0.25, 0.3) is 11.0 Å². The highest BCUT2D eigenvalue weighted by Crippen LogP contribution is 2.27. The van der Waals surface area contributed by atoms with E-state index in [1.807, 2.05) is 25.4 Å². The van der Waals surface area contributed by atoms with Gasteiger partial charge in [0.05, 0.1) is 30.9 Å². The highest BCUT2D eigenvalue weighted by Gasteiger charge is 2.17. The van der Waals surface area contributed by atoms with E-state index in [0.717, 1.165) is 29.2 Å². The third-order valence-electron chi connectivity index (χ3n) is 3.88. The third-order valence-corrected chi connectivity index (χ3v) is 4.86. The van der Waals surface area contributed by atoms with E-state index in [1.165, 1.54) is 9.75 Å². The molecule has 0 atom stereocenters. The van der Waals surface area contributed by atoms with Crippen molar-refractivity contribution in [2.75, 3.05) is 4.90 Å². The van der Waals surface area contributed by atoms with Crippen LogP contribution in [0.4, 0.5) is 5.82 Å². The fraction of sp³-hybridized carbons (Fsp3) is 0.235. The quantitative estimate of drug-likeness (QED) is 0.557. The Bertz CT molecular complexity index is 957. The van der Waals surface area contributed by atoms with Crippen molar-refractivity contribution in [3.05, 3.63) is 58.6 Å². The summed E-state index contributed by atoms with van der Waals surface area (Å²) in [5.74, 6) is 1.77. The van der Waals surface area contributed by atoms with Crippen LogP contribution in [0.15, 0.2) is 47.5 Å². The topological polar surface area (TPSA) is 60.0 Å². The number of hydrogen-bond donors (Lipinski definition) is 0. The summed E-state index contributed by atoms with van der Waals surface area (Å²) in [5.41, 5.74) is 0.826. The Labute approximate surface area is 143 Å². The summed E-state index contributed by atoms with van der Waals surface area (Å²) in [6.45, 7) is 3.53. The standard InChI is InChI=1S/C17H17N5OS/c1-12-5-6-14(24-12)10-22(9-13-4-3-7-23-13)17-15-8-20-21(2)16(15)18-11-19-17/h3-8,11H,9-10H2,1-2H3. The highest BCUT2D eigenvalue weighted by atomic mass is 32.1. The molecule has 4 aromatic rings. The van der Waals surface area contributed by atoms with Crippen molar-refractivity contribution in [1.29, 1.82) is 0 Å². The minimum Gasteiger partial charge on any atom is -0.467 e. The largest absolute Gasteiger partial charge is 0.467 e. The lowest BCUT2D eigenvalue weighted by molar-refractivity contribution is 0.501. The van der Waals surface area contributed by atoms with E-state index in [4.69, 9.17) is 4.42 Å². The monoisotopic (exact) mass is 339 g/mol. The van der Waals surface area contributed by atoms with Gasteiger partial charge in [0.25, 0.3) is 0 Å². The minimum absolute atomic E-state index is 0.644. The lowest BCUT2D eigenvalue weighted by Crippen LogP contribution is -2.22. The van der Waals surface area contributed by atoms with Crippen molar-refractivity contribution in [2.45, 2.75) is 20.0 Å². The summed E-state index contributed by atoms with van der Waals surface area (Å²) in [4.78, 5) is 13.7. The molecule has 0 aromatic carbocycles. The average molecular weight is 339 g/mol. The second-order valence-electron chi connectivity index (χ2n) is 5.65. The molecule has 0 spiro atoms. The molecule has 0 unspecified atom stereocenters. The van der Waals surface area contributed by atoms with E-state index < -0.39 is 0 Å². The second-order valence-corrected chi connectivity index (χ2v) is 7.02. The van der Waals surface area contributed by atoms with Crippen LogP contribution in [-0.4, -0.2) is 19.7 Å². The van der Waals surface area contributed by atoms with Crippen molar-refractivity contribution in [2.24, 2.45) is 7.05 Å². The normalized spacial score (nSPS) is 11.2. The first-order valence-electron chi connectivity index (χ1n) is 7.66. The number of nitrogens with zero attached hydrogens (tertiary/aromatic N) is 5. The lowest BCUT2D eigenvalue weighted by Gasteiger charge is -2.22. The maximum absolute atomic E-state index is 5.54. The Balaban J connectivity index is 1.75. The van der Waals surface area contributed by atoms with E-state index in [0.29, 0.717) is 6.54 Å². The van der Waals surface area contributed by atoms with Crippen molar-refractivity contribution >= 4 is 28.2 Å². The van der Waals surface area contributed by atoms with Crippen LogP contribution >= 0.6 is 11.3 Å². The Morgan fingerprint density at radius 1 is 1.21 bits per heavy atom. The average Bonchev–Trinajstić information content (AvgIpc) is 3.30. The summed E-state index contributed by atoms with van der Waals surface area (Å²) in [6, 6.07) is 8.19. The fourth-order valence-corrected chi connectivity index (χ4v) is 3.66. The molecule has 0 bridgehead atoms. The number of aromatic nitrogens is 4. The molecule has 4 aromatic heterocycles. The fourth-order valence-electron chi connectivity index (χ4n) is 2.76. The van der Waals surface area contributed by atoms with Gasteiger partial charge in [0, 0.05) is 16.8 Å². The van der Waals surface area contributed by atoms with Gasteiger partial charge in [-0.1, -0.05) is 0 Å². The smallest absolute Gasteiger partial charge is 0.163 e. The molecule has 4 heterocycles. The number of furan rings is 1. The zero-order valence-electron chi connectivity index (χ0n) is 13.5. The molecule has 0 radical (unpaired) electrons. The molecule has 24 heavy (non-hydrogen) atoms. The van der Waals surface area contributed by atoms with Crippen LogP contribution < -0.4 is 4.90 Å². The van der Waals surface area contributed by atoms with E-state index in [2.05, 4.69) is 39.0 Å². The molecule has 0 aliphatic carbocycles. The van der Waals surface area contributed by atoms with Crippen molar-refractivity contribution in [3.63, 3.8) is 0 Å². The molecule has 0 aliphatic heterocycles. The van der Waals surface area contributed by atoms with Gasteiger partial charge in [-0.15, -0.1) is 11.3 Å². The minimum atomic E-state index is 0.644. The molecule has 122 valence electrons. The summed E-state index contributed by atoms with van der Waals surface area (Å²) >= 11 is 1.80. The summed E-state index contributed by atoms with van der Waals surface area (Å²) < 4.78 is 7.31. The van der Waals surface area contributed by atoms with Crippen molar-refractivity contribution in [3.8, 4) is 0 Å². The maximum Gasteiger partial charge on any atom is 0.163 e. The van der Waals surface area contributed by atoms with Crippen LogP contribution in [0.1, 0.15) is 15.5 Å². The molecule has 4 rings (SSSR count). The molecule has 0 amide bonds. The maximum atomic E-state index is 5.54. The number of thiophene rings is 1. The van der Waals surface area contributed by atoms with Gasteiger partial charge in [-0.3, -0.25) is 4.68 Å². The highest BCUT2D eigenvalue weighted by molar-refractivity contribution is 7.11. The Morgan fingerprint density at radius 2 is 2.12 bits per heavy atom. The van der Waals surface area contributed by atoms with Crippen LogP contribution in [0, 0.1) is 6.92 Å². The number of anilines is 1.